The number of rotatable bonds is 9. The minimum atomic E-state index is -3.62. The summed E-state index contributed by atoms with van der Waals surface area (Å²) < 4.78 is 26.7. The molecule has 1 atom stereocenters. The summed E-state index contributed by atoms with van der Waals surface area (Å²) in [5, 5.41) is 5.60. The molecule has 0 aliphatic rings. The Labute approximate surface area is 165 Å². The Kier molecular flexibility index (Phi) is 7.71. The molecule has 7 nitrogen and oxygen atoms in total. The summed E-state index contributed by atoms with van der Waals surface area (Å²) in [6.07, 6.45) is 0.434. The van der Waals surface area contributed by atoms with Crippen LogP contribution in [-0.2, 0) is 19.6 Å². The van der Waals surface area contributed by atoms with Gasteiger partial charge in [-0.05, 0) is 36.8 Å². The van der Waals surface area contributed by atoms with E-state index >= 15 is 0 Å². The number of hydrogen-bond donors (Lipinski definition) is 3. The highest BCUT2D eigenvalue weighted by atomic mass is 32.2. The van der Waals surface area contributed by atoms with Gasteiger partial charge in [0, 0.05) is 25.1 Å². The van der Waals surface area contributed by atoms with Crippen LogP contribution >= 0.6 is 0 Å². The Hall–Kier alpha value is -2.71. The highest BCUT2D eigenvalue weighted by Gasteiger charge is 2.14. The lowest BCUT2D eigenvalue weighted by Crippen LogP contribution is -2.32. The van der Waals surface area contributed by atoms with Crippen molar-refractivity contribution < 1.29 is 18.0 Å². The smallest absolute Gasteiger partial charge is 0.240 e. The van der Waals surface area contributed by atoms with Crippen molar-refractivity contribution in [2.75, 3.05) is 11.9 Å². The fraction of sp³-hybridized carbons (Fsp3) is 0.300. The molecule has 0 aliphatic heterocycles. The van der Waals surface area contributed by atoms with E-state index in [9.17, 15) is 18.0 Å². The molecule has 2 amide bonds. The van der Waals surface area contributed by atoms with Crippen LogP contribution in [-0.4, -0.2) is 26.8 Å². The number of carbonyl (C=O) groups excluding carboxylic acids is 2. The van der Waals surface area contributed by atoms with Crippen LogP contribution in [0.25, 0.3) is 0 Å². The van der Waals surface area contributed by atoms with E-state index in [1.165, 1.54) is 12.1 Å². The third kappa shape index (κ3) is 6.47. The third-order valence-electron chi connectivity index (χ3n) is 4.09. The molecule has 0 radical (unpaired) electrons. The predicted octanol–water partition coefficient (Wildman–Crippen LogP) is 2.58. The quantitative estimate of drug-likeness (QED) is 0.598. The van der Waals surface area contributed by atoms with Gasteiger partial charge in [-0.15, -0.1) is 0 Å². The molecule has 0 aromatic heterocycles. The molecule has 2 rings (SSSR count). The van der Waals surface area contributed by atoms with Gasteiger partial charge in [-0.2, -0.15) is 0 Å². The van der Waals surface area contributed by atoms with Crippen LogP contribution in [0.3, 0.4) is 0 Å². The standard InChI is InChI=1S/C20H25N3O4S/c1-3-19(24)23-17-11-9-16(10-12-17)15(2)22-20(25)13-14-21-28(26,27)18-7-5-4-6-8-18/h4-12,15,21H,3,13-14H2,1-2H3,(H,22,25)(H,23,24). The Morgan fingerprint density at radius 2 is 1.61 bits per heavy atom. The molecule has 0 saturated carbocycles. The second-order valence-corrected chi connectivity index (χ2v) is 8.04. The summed E-state index contributed by atoms with van der Waals surface area (Å²) in [7, 11) is -3.62. The molecule has 150 valence electrons. The number of sulfonamides is 1. The molecule has 0 fully saturated rings. The van der Waals surface area contributed by atoms with Crippen molar-refractivity contribution in [3.05, 3.63) is 60.2 Å². The minimum absolute atomic E-state index is 0.0117. The highest BCUT2D eigenvalue weighted by molar-refractivity contribution is 7.89. The number of hydrogen-bond acceptors (Lipinski definition) is 4. The summed E-state index contributed by atoms with van der Waals surface area (Å²) in [4.78, 5) is 23.7. The van der Waals surface area contributed by atoms with Crippen LogP contribution in [0.4, 0.5) is 5.69 Å². The molecule has 0 saturated heterocycles. The van der Waals surface area contributed by atoms with Gasteiger partial charge in [0.2, 0.25) is 21.8 Å². The van der Waals surface area contributed by atoms with Gasteiger partial charge in [-0.25, -0.2) is 13.1 Å². The molecule has 8 heteroatoms. The van der Waals surface area contributed by atoms with Crippen molar-refractivity contribution in [2.24, 2.45) is 0 Å². The molecule has 0 spiro atoms. The van der Waals surface area contributed by atoms with E-state index in [1.807, 2.05) is 19.1 Å². The first-order valence-electron chi connectivity index (χ1n) is 9.05. The van der Waals surface area contributed by atoms with Gasteiger partial charge in [-0.3, -0.25) is 9.59 Å². The molecule has 1 unspecified atom stereocenters. The van der Waals surface area contributed by atoms with E-state index in [0.29, 0.717) is 12.1 Å². The van der Waals surface area contributed by atoms with E-state index in [0.717, 1.165) is 5.56 Å². The summed E-state index contributed by atoms with van der Waals surface area (Å²) in [5.74, 6) is -0.321. The average molecular weight is 404 g/mol. The van der Waals surface area contributed by atoms with E-state index in [1.54, 1.807) is 37.3 Å². The molecule has 0 heterocycles. The summed E-state index contributed by atoms with van der Waals surface area (Å²) in [6.45, 7) is 3.63. The lowest BCUT2D eigenvalue weighted by atomic mass is 10.1. The van der Waals surface area contributed by atoms with Crippen LogP contribution in [0.15, 0.2) is 59.5 Å². The lowest BCUT2D eigenvalue weighted by Gasteiger charge is -2.15. The van der Waals surface area contributed by atoms with Gasteiger partial charge >= 0.3 is 0 Å². The number of benzene rings is 2. The lowest BCUT2D eigenvalue weighted by molar-refractivity contribution is -0.121. The Morgan fingerprint density at radius 3 is 2.21 bits per heavy atom. The van der Waals surface area contributed by atoms with Crippen molar-refractivity contribution in [2.45, 2.75) is 37.6 Å². The Bertz CT molecular complexity index is 897. The van der Waals surface area contributed by atoms with Gasteiger partial charge in [-0.1, -0.05) is 37.3 Å². The summed E-state index contributed by atoms with van der Waals surface area (Å²) in [6, 6.07) is 15.0. The highest BCUT2D eigenvalue weighted by Crippen LogP contribution is 2.16. The molecule has 3 N–H and O–H groups in total. The largest absolute Gasteiger partial charge is 0.350 e. The van der Waals surface area contributed by atoms with Crippen molar-refractivity contribution in [1.82, 2.24) is 10.0 Å². The van der Waals surface area contributed by atoms with E-state index < -0.39 is 10.0 Å². The van der Waals surface area contributed by atoms with Gasteiger partial charge < -0.3 is 10.6 Å². The number of anilines is 1. The van der Waals surface area contributed by atoms with E-state index in [-0.39, 0.29) is 35.7 Å². The maximum absolute atomic E-state index is 12.1. The van der Waals surface area contributed by atoms with Gasteiger partial charge in [0.15, 0.2) is 0 Å². The molecule has 0 aliphatic carbocycles. The SMILES string of the molecule is CCC(=O)Nc1ccc(C(C)NC(=O)CCNS(=O)(=O)c2ccccc2)cc1. The topological polar surface area (TPSA) is 104 Å². The van der Waals surface area contributed by atoms with E-state index in [4.69, 9.17) is 0 Å². The zero-order valence-electron chi connectivity index (χ0n) is 15.9. The Morgan fingerprint density at radius 1 is 0.964 bits per heavy atom. The predicted molar refractivity (Wildman–Crippen MR) is 108 cm³/mol. The molecule has 2 aromatic rings. The van der Waals surface area contributed by atoms with Gasteiger partial charge in [0.1, 0.15) is 0 Å². The van der Waals surface area contributed by atoms with Gasteiger partial charge in [0.25, 0.3) is 0 Å². The fourth-order valence-corrected chi connectivity index (χ4v) is 3.54. The van der Waals surface area contributed by atoms with Crippen molar-refractivity contribution >= 4 is 27.5 Å². The first-order valence-corrected chi connectivity index (χ1v) is 10.5. The number of amides is 2. The number of carbonyl (C=O) groups is 2. The van der Waals surface area contributed by atoms with Crippen molar-refractivity contribution in [3.8, 4) is 0 Å². The fourth-order valence-electron chi connectivity index (χ4n) is 2.48. The zero-order chi connectivity index (χ0) is 20.6. The maximum atomic E-state index is 12.1. The monoisotopic (exact) mass is 403 g/mol. The molecular weight excluding hydrogens is 378 g/mol. The van der Waals surface area contributed by atoms with Crippen LogP contribution in [0.1, 0.15) is 38.3 Å². The second kappa shape index (κ2) is 10.0. The molecular formula is C20H25N3O4S. The van der Waals surface area contributed by atoms with Crippen LogP contribution in [0, 0.1) is 0 Å². The molecule has 2 aromatic carbocycles. The van der Waals surface area contributed by atoms with Crippen LogP contribution in [0.2, 0.25) is 0 Å². The normalized spacial score (nSPS) is 12.2. The number of nitrogens with one attached hydrogen (secondary N) is 3. The first-order chi connectivity index (χ1) is 13.3. The van der Waals surface area contributed by atoms with Gasteiger partial charge in [0.05, 0.1) is 10.9 Å². The Balaban J connectivity index is 1.81. The summed E-state index contributed by atoms with van der Waals surface area (Å²) in [5.41, 5.74) is 1.58. The van der Waals surface area contributed by atoms with Crippen molar-refractivity contribution in [3.63, 3.8) is 0 Å². The molecule has 28 heavy (non-hydrogen) atoms. The first kappa shape index (κ1) is 21.6. The minimum Gasteiger partial charge on any atom is -0.350 e. The second-order valence-electron chi connectivity index (χ2n) is 6.27. The van der Waals surface area contributed by atoms with Crippen LogP contribution < -0.4 is 15.4 Å². The maximum Gasteiger partial charge on any atom is 0.240 e. The average Bonchev–Trinajstić information content (AvgIpc) is 2.69. The summed E-state index contributed by atoms with van der Waals surface area (Å²) >= 11 is 0. The third-order valence-corrected chi connectivity index (χ3v) is 5.57. The van der Waals surface area contributed by atoms with Crippen molar-refractivity contribution in [1.29, 1.82) is 0 Å². The van der Waals surface area contributed by atoms with Crippen LogP contribution in [0.5, 0.6) is 0 Å². The molecule has 0 bridgehead atoms. The zero-order valence-corrected chi connectivity index (χ0v) is 16.8. The van der Waals surface area contributed by atoms with E-state index in [2.05, 4.69) is 15.4 Å².